The second-order valence-corrected chi connectivity index (χ2v) is 5.47. The Balaban J connectivity index is 1.63. The van der Waals surface area contributed by atoms with Gasteiger partial charge < -0.3 is 15.4 Å². The van der Waals surface area contributed by atoms with Crippen molar-refractivity contribution in [3.63, 3.8) is 0 Å². The van der Waals surface area contributed by atoms with E-state index in [1.165, 1.54) is 12.1 Å². The van der Waals surface area contributed by atoms with Gasteiger partial charge in [0.15, 0.2) is 0 Å². The zero-order chi connectivity index (χ0) is 15.1. The Morgan fingerprint density at radius 2 is 2.19 bits per heavy atom. The van der Waals surface area contributed by atoms with Gasteiger partial charge in [-0.25, -0.2) is 4.39 Å². The van der Waals surface area contributed by atoms with Crippen LogP contribution < -0.4 is 10.6 Å². The van der Waals surface area contributed by atoms with Crippen molar-refractivity contribution in [1.29, 1.82) is 0 Å². The summed E-state index contributed by atoms with van der Waals surface area (Å²) in [5, 5.41) is 6.04. The van der Waals surface area contributed by atoms with E-state index < -0.39 is 5.82 Å². The predicted molar refractivity (Wildman–Crippen MR) is 80.2 cm³/mol. The van der Waals surface area contributed by atoms with Crippen molar-refractivity contribution in [2.45, 2.75) is 25.4 Å². The molecule has 0 saturated carbocycles. The van der Waals surface area contributed by atoms with Crippen molar-refractivity contribution in [3.05, 3.63) is 34.6 Å². The minimum Gasteiger partial charge on any atom is -0.378 e. The fourth-order valence-corrected chi connectivity index (χ4v) is 2.34. The van der Waals surface area contributed by atoms with Crippen LogP contribution in [0.5, 0.6) is 0 Å². The molecule has 0 aromatic heterocycles. The molecule has 1 aliphatic rings. The van der Waals surface area contributed by atoms with Crippen molar-refractivity contribution in [1.82, 2.24) is 10.6 Å². The third-order valence-electron chi connectivity index (χ3n) is 3.43. The molecule has 21 heavy (non-hydrogen) atoms. The average Bonchev–Trinajstić information content (AvgIpc) is 2.50. The fraction of sp³-hybridized carbons (Fsp3) is 0.533. The molecule has 0 spiro atoms. The van der Waals surface area contributed by atoms with Gasteiger partial charge in [0.1, 0.15) is 5.82 Å². The molecule has 4 nitrogen and oxygen atoms in total. The molecular formula is C15H20ClFN2O2. The third-order valence-corrected chi connectivity index (χ3v) is 3.73. The van der Waals surface area contributed by atoms with Gasteiger partial charge in [-0.3, -0.25) is 4.79 Å². The number of halogens is 2. The van der Waals surface area contributed by atoms with Gasteiger partial charge in [-0.1, -0.05) is 11.6 Å². The largest absolute Gasteiger partial charge is 0.378 e. The molecule has 1 aromatic rings. The lowest BCUT2D eigenvalue weighted by Gasteiger charge is -2.22. The standard InChI is InChI=1S/C15H20ClFN2O2/c16-13-3-2-11(10-14(13)17)15(20)19-6-1-9-21-12-4-7-18-8-5-12/h2-3,10,12,18H,1,4-9H2,(H,19,20). The first-order valence-electron chi connectivity index (χ1n) is 7.22. The lowest BCUT2D eigenvalue weighted by atomic mass is 10.1. The molecule has 2 N–H and O–H groups in total. The second kappa shape index (κ2) is 8.32. The van der Waals surface area contributed by atoms with E-state index in [1.54, 1.807) is 0 Å². The molecule has 1 fully saturated rings. The van der Waals surface area contributed by atoms with E-state index in [-0.39, 0.29) is 16.5 Å². The molecule has 1 aromatic carbocycles. The van der Waals surface area contributed by atoms with Crippen LogP contribution in [0, 0.1) is 5.82 Å². The highest BCUT2D eigenvalue weighted by atomic mass is 35.5. The van der Waals surface area contributed by atoms with Crippen molar-refractivity contribution in [2.24, 2.45) is 0 Å². The van der Waals surface area contributed by atoms with Crippen LogP contribution in [0.3, 0.4) is 0 Å². The van der Waals surface area contributed by atoms with E-state index in [4.69, 9.17) is 16.3 Å². The normalized spacial score (nSPS) is 15.9. The summed E-state index contributed by atoms with van der Waals surface area (Å²) in [7, 11) is 0. The summed E-state index contributed by atoms with van der Waals surface area (Å²) in [6, 6.07) is 4.03. The van der Waals surface area contributed by atoms with E-state index in [0.29, 0.717) is 19.3 Å². The van der Waals surface area contributed by atoms with Gasteiger partial charge in [-0.2, -0.15) is 0 Å². The van der Waals surface area contributed by atoms with Crippen molar-refractivity contribution >= 4 is 17.5 Å². The summed E-state index contributed by atoms with van der Waals surface area (Å²) in [6.45, 7) is 3.14. The molecule has 0 radical (unpaired) electrons. The Labute approximate surface area is 129 Å². The van der Waals surface area contributed by atoms with E-state index >= 15 is 0 Å². The van der Waals surface area contributed by atoms with Gasteiger partial charge in [-0.05, 0) is 50.6 Å². The van der Waals surface area contributed by atoms with Crippen LogP contribution in [0.4, 0.5) is 4.39 Å². The summed E-state index contributed by atoms with van der Waals surface area (Å²) in [5.41, 5.74) is 0.274. The van der Waals surface area contributed by atoms with Crippen molar-refractivity contribution < 1.29 is 13.9 Å². The summed E-state index contributed by atoms with van der Waals surface area (Å²) >= 11 is 5.58. The van der Waals surface area contributed by atoms with Gasteiger partial charge in [0.05, 0.1) is 11.1 Å². The quantitative estimate of drug-likeness (QED) is 0.793. The Kier molecular flexibility index (Phi) is 6.42. The number of carbonyl (C=O) groups excluding carboxylic acids is 1. The first-order valence-corrected chi connectivity index (χ1v) is 7.60. The molecule has 0 atom stereocenters. The summed E-state index contributed by atoms with van der Waals surface area (Å²) in [6.07, 6.45) is 3.14. The topological polar surface area (TPSA) is 50.4 Å². The Morgan fingerprint density at radius 3 is 2.90 bits per heavy atom. The maximum atomic E-state index is 13.3. The predicted octanol–water partition coefficient (Wildman–Crippen LogP) is 2.37. The highest BCUT2D eigenvalue weighted by Gasteiger charge is 2.13. The van der Waals surface area contributed by atoms with E-state index in [1.807, 2.05) is 0 Å². The highest BCUT2D eigenvalue weighted by Crippen LogP contribution is 2.15. The van der Waals surface area contributed by atoms with Crippen LogP contribution >= 0.6 is 11.6 Å². The Morgan fingerprint density at radius 1 is 1.43 bits per heavy atom. The van der Waals surface area contributed by atoms with Gasteiger partial charge in [0.25, 0.3) is 5.91 Å². The summed E-state index contributed by atoms with van der Waals surface area (Å²) in [5.74, 6) is -0.883. The summed E-state index contributed by atoms with van der Waals surface area (Å²) < 4.78 is 19.0. The molecule has 116 valence electrons. The number of hydrogen-bond donors (Lipinski definition) is 2. The molecule has 1 aliphatic heterocycles. The fourth-order valence-electron chi connectivity index (χ4n) is 2.23. The third kappa shape index (κ3) is 5.26. The van der Waals surface area contributed by atoms with E-state index in [9.17, 15) is 9.18 Å². The number of benzene rings is 1. The van der Waals surface area contributed by atoms with Gasteiger partial charge >= 0.3 is 0 Å². The van der Waals surface area contributed by atoms with Crippen LogP contribution in [0.2, 0.25) is 5.02 Å². The number of hydrogen-bond acceptors (Lipinski definition) is 3. The van der Waals surface area contributed by atoms with Crippen LogP contribution in [-0.2, 0) is 4.74 Å². The minimum atomic E-state index is -0.585. The van der Waals surface area contributed by atoms with Gasteiger partial charge in [0, 0.05) is 18.7 Å². The average molecular weight is 315 g/mol. The molecule has 1 saturated heterocycles. The molecule has 0 unspecified atom stereocenters. The zero-order valence-electron chi connectivity index (χ0n) is 11.8. The van der Waals surface area contributed by atoms with Crippen LogP contribution in [0.1, 0.15) is 29.6 Å². The molecule has 2 rings (SSSR count). The zero-order valence-corrected chi connectivity index (χ0v) is 12.6. The number of nitrogens with one attached hydrogen (secondary N) is 2. The first-order chi connectivity index (χ1) is 10.2. The van der Waals surface area contributed by atoms with Crippen LogP contribution in [0.15, 0.2) is 18.2 Å². The number of carbonyl (C=O) groups is 1. The Hall–Kier alpha value is -1.17. The minimum absolute atomic E-state index is 0.0157. The first kappa shape index (κ1) is 16.2. The maximum Gasteiger partial charge on any atom is 0.251 e. The number of rotatable bonds is 6. The van der Waals surface area contributed by atoms with Crippen molar-refractivity contribution in [3.8, 4) is 0 Å². The van der Waals surface area contributed by atoms with Crippen molar-refractivity contribution in [2.75, 3.05) is 26.2 Å². The van der Waals surface area contributed by atoms with Gasteiger partial charge in [-0.15, -0.1) is 0 Å². The molecule has 6 heteroatoms. The number of piperidine rings is 1. The lowest BCUT2D eigenvalue weighted by Crippen LogP contribution is -2.33. The molecule has 0 bridgehead atoms. The van der Waals surface area contributed by atoms with Gasteiger partial charge in [0.2, 0.25) is 0 Å². The lowest BCUT2D eigenvalue weighted by molar-refractivity contribution is 0.0318. The maximum absolute atomic E-state index is 13.3. The second-order valence-electron chi connectivity index (χ2n) is 5.06. The number of amides is 1. The number of ether oxygens (including phenoxy) is 1. The highest BCUT2D eigenvalue weighted by molar-refractivity contribution is 6.30. The molecular weight excluding hydrogens is 295 g/mol. The van der Waals surface area contributed by atoms with E-state index in [0.717, 1.165) is 38.4 Å². The smallest absolute Gasteiger partial charge is 0.251 e. The van der Waals surface area contributed by atoms with Crippen LogP contribution in [0.25, 0.3) is 0 Å². The Bertz CT molecular complexity index is 479. The van der Waals surface area contributed by atoms with Crippen LogP contribution in [-0.4, -0.2) is 38.3 Å². The van der Waals surface area contributed by atoms with E-state index in [2.05, 4.69) is 10.6 Å². The SMILES string of the molecule is O=C(NCCCOC1CCNCC1)c1ccc(Cl)c(F)c1. The molecule has 1 amide bonds. The molecule has 0 aliphatic carbocycles. The monoisotopic (exact) mass is 314 g/mol. The molecule has 1 heterocycles. The summed E-state index contributed by atoms with van der Waals surface area (Å²) in [4.78, 5) is 11.8.